The van der Waals surface area contributed by atoms with Gasteiger partial charge in [0, 0.05) is 11.3 Å². The number of hydrogen-bond acceptors (Lipinski definition) is 4. The third-order valence-electron chi connectivity index (χ3n) is 3.51. The zero-order valence-electron chi connectivity index (χ0n) is 12.6. The van der Waals surface area contributed by atoms with Crippen LogP contribution in [0.25, 0.3) is 0 Å². The van der Waals surface area contributed by atoms with Crippen molar-refractivity contribution < 1.29 is 14.3 Å². The molecule has 2 aromatic carbocycles. The molecule has 0 atom stereocenters. The Morgan fingerprint density at radius 3 is 2.78 bits per heavy atom. The molecule has 6 heteroatoms. The van der Waals surface area contributed by atoms with Crippen LogP contribution >= 0.6 is 12.2 Å². The Kier molecular flexibility index (Phi) is 4.43. The van der Waals surface area contributed by atoms with Gasteiger partial charge in [0.1, 0.15) is 0 Å². The Labute approximate surface area is 139 Å². The average molecular weight is 328 g/mol. The minimum absolute atomic E-state index is 0.175. The van der Waals surface area contributed by atoms with Crippen LogP contribution < -0.4 is 20.1 Å². The Bertz CT molecular complexity index is 761. The van der Waals surface area contributed by atoms with Crippen LogP contribution in [0, 0.1) is 0 Å². The lowest BCUT2D eigenvalue weighted by Crippen LogP contribution is -2.34. The summed E-state index contributed by atoms with van der Waals surface area (Å²) in [5.41, 5.74) is 2.49. The van der Waals surface area contributed by atoms with Crippen LogP contribution in [0.5, 0.6) is 11.5 Å². The van der Waals surface area contributed by atoms with Crippen LogP contribution in [-0.4, -0.2) is 17.8 Å². The SMILES string of the molecule is CCc1ccccc1NC(=S)NC(=O)c1ccc2c(c1)OCO2. The first-order chi connectivity index (χ1) is 11.2. The summed E-state index contributed by atoms with van der Waals surface area (Å²) in [6.07, 6.45) is 0.877. The van der Waals surface area contributed by atoms with Gasteiger partial charge in [-0.1, -0.05) is 25.1 Å². The largest absolute Gasteiger partial charge is 0.454 e. The van der Waals surface area contributed by atoms with Crippen LogP contribution in [0.4, 0.5) is 5.69 Å². The second-order valence-electron chi connectivity index (χ2n) is 4.99. The number of benzene rings is 2. The van der Waals surface area contributed by atoms with Crippen LogP contribution in [0.1, 0.15) is 22.8 Å². The Hall–Kier alpha value is -2.60. The first-order valence-corrected chi connectivity index (χ1v) is 7.68. The van der Waals surface area contributed by atoms with E-state index < -0.39 is 0 Å². The maximum absolute atomic E-state index is 12.3. The third-order valence-corrected chi connectivity index (χ3v) is 3.71. The summed E-state index contributed by atoms with van der Waals surface area (Å²) in [5.74, 6) is 0.904. The molecule has 1 amide bonds. The van der Waals surface area contributed by atoms with Crippen molar-refractivity contribution in [2.45, 2.75) is 13.3 Å². The maximum atomic E-state index is 12.3. The Morgan fingerprint density at radius 1 is 1.17 bits per heavy atom. The summed E-state index contributed by atoms with van der Waals surface area (Å²) in [7, 11) is 0. The molecule has 0 bridgehead atoms. The first-order valence-electron chi connectivity index (χ1n) is 7.27. The van der Waals surface area contributed by atoms with Crippen molar-refractivity contribution in [3.8, 4) is 11.5 Å². The second kappa shape index (κ2) is 6.66. The van der Waals surface area contributed by atoms with Crippen molar-refractivity contribution in [1.82, 2.24) is 5.32 Å². The van der Waals surface area contributed by atoms with E-state index in [4.69, 9.17) is 21.7 Å². The van der Waals surface area contributed by atoms with Gasteiger partial charge in [0.05, 0.1) is 0 Å². The molecule has 2 N–H and O–H groups in total. The van der Waals surface area contributed by atoms with Gasteiger partial charge < -0.3 is 14.8 Å². The van der Waals surface area contributed by atoms with Crippen molar-refractivity contribution >= 4 is 28.9 Å². The summed E-state index contributed by atoms with van der Waals surface area (Å²) < 4.78 is 10.5. The highest BCUT2D eigenvalue weighted by molar-refractivity contribution is 7.80. The molecule has 0 saturated carbocycles. The van der Waals surface area contributed by atoms with E-state index >= 15 is 0 Å². The first kappa shape index (κ1) is 15.3. The highest BCUT2D eigenvalue weighted by Gasteiger charge is 2.16. The fourth-order valence-electron chi connectivity index (χ4n) is 2.32. The van der Waals surface area contributed by atoms with E-state index in [0.29, 0.717) is 17.1 Å². The summed E-state index contributed by atoms with van der Waals surface area (Å²) >= 11 is 5.22. The van der Waals surface area contributed by atoms with Gasteiger partial charge in [0.2, 0.25) is 6.79 Å². The number of fused-ring (bicyclic) bond motifs is 1. The van der Waals surface area contributed by atoms with Crippen molar-refractivity contribution in [3.05, 3.63) is 53.6 Å². The molecule has 1 heterocycles. The molecule has 118 valence electrons. The Balaban J connectivity index is 1.67. The van der Waals surface area contributed by atoms with Gasteiger partial charge >= 0.3 is 0 Å². The standard InChI is InChI=1S/C17H16N2O3S/c1-2-11-5-3-4-6-13(11)18-17(23)19-16(20)12-7-8-14-15(9-12)22-10-21-14/h3-9H,2,10H2,1H3,(H2,18,19,20,23). The molecule has 3 rings (SSSR count). The minimum Gasteiger partial charge on any atom is -0.454 e. The van der Waals surface area contributed by atoms with Gasteiger partial charge in [-0.05, 0) is 48.5 Å². The van der Waals surface area contributed by atoms with Gasteiger partial charge in [0.25, 0.3) is 5.91 Å². The number of carbonyl (C=O) groups is 1. The number of thiocarbonyl (C=S) groups is 1. The van der Waals surface area contributed by atoms with Gasteiger partial charge in [-0.15, -0.1) is 0 Å². The van der Waals surface area contributed by atoms with Crippen molar-refractivity contribution in [1.29, 1.82) is 0 Å². The smallest absolute Gasteiger partial charge is 0.257 e. The van der Waals surface area contributed by atoms with Gasteiger partial charge in [-0.2, -0.15) is 0 Å². The molecular weight excluding hydrogens is 312 g/mol. The number of nitrogens with one attached hydrogen (secondary N) is 2. The quantitative estimate of drug-likeness (QED) is 0.848. The summed E-state index contributed by atoms with van der Waals surface area (Å²) in [6.45, 7) is 2.24. The van der Waals surface area contributed by atoms with Gasteiger partial charge in [0.15, 0.2) is 16.6 Å². The second-order valence-corrected chi connectivity index (χ2v) is 5.40. The van der Waals surface area contributed by atoms with E-state index in [9.17, 15) is 4.79 Å². The highest BCUT2D eigenvalue weighted by Crippen LogP contribution is 2.32. The van der Waals surface area contributed by atoms with E-state index in [-0.39, 0.29) is 17.8 Å². The summed E-state index contributed by atoms with van der Waals surface area (Å²) in [4.78, 5) is 12.3. The minimum atomic E-state index is -0.297. The lowest BCUT2D eigenvalue weighted by molar-refractivity contribution is 0.0977. The molecule has 5 nitrogen and oxygen atoms in total. The number of carbonyl (C=O) groups excluding carboxylic acids is 1. The molecule has 23 heavy (non-hydrogen) atoms. The average Bonchev–Trinajstić information content (AvgIpc) is 3.02. The molecule has 0 radical (unpaired) electrons. The number of amides is 1. The summed E-state index contributed by atoms with van der Waals surface area (Å²) in [6, 6.07) is 12.9. The van der Waals surface area contributed by atoms with Gasteiger partial charge in [-0.3, -0.25) is 10.1 Å². The molecule has 0 aromatic heterocycles. The number of aryl methyl sites for hydroxylation is 1. The lowest BCUT2D eigenvalue weighted by Gasteiger charge is -2.12. The van der Waals surface area contributed by atoms with Crippen LogP contribution in [0.2, 0.25) is 0 Å². The van der Waals surface area contributed by atoms with Crippen molar-refractivity contribution in [2.75, 3.05) is 12.1 Å². The van der Waals surface area contributed by atoms with Crippen LogP contribution in [0.3, 0.4) is 0 Å². The van der Waals surface area contributed by atoms with E-state index in [0.717, 1.165) is 17.7 Å². The number of hydrogen-bond donors (Lipinski definition) is 2. The fraction of sp³-hybridized carbons (Fsp3) is 0.176. The number of anilines is 1. The highest BCUT2D eigenvalue weighted by atomic mass is 32.1. The maximum Gasteiger partial charge on any atom is 0.257 e. The molecular formula is C17H16N2O3S. The number of para-hydroxylation sites is 1. The molecule has 0 unspecified atom stereocenters. The normalized spacial score (nSPS) is 11.9. The van der Waals surface area contributed by atoms with E-state index in [1.807, 2.05) is 24.3 Å². The number of rotatable bonds is 3. The van der Waals surface area contributed by atoms with Crippen molar-refractivity contribution in [2.24, 2.45) is 0 Å². The fourth-order valence-corrected chi connectivity index (χ4v) is 2.52. The van der Waals surface area contributed by atoms with Crippen LogP contribution in [-0.2, 0) is 6.42 Å². The topological polar surface area (TPSA) is 59.6 Å². The molecule has 0 saturated heterocycles. The lowest BCUT2D eigenvalue weighted by atomic mass is 10.1. The molecule has 2 aromatic rings. The van der Waals surface area contributed by atoms with E-state index in [2.05, 4.69) is 17.6 Å². The molecule has 0 spiro atoms. The van der Waals surface area contributed by atoms with Crippen LogP contribution in [0.15, 0.2) is 42.5 Å². The summed E-state index contributed by atoms with van der Waals surface area (Å²) in [5, 5.41) is 5.99. The predicted molar refractivity (Wildman–Crippen MR) is 92.1 cm³/mol. The molecule has 0 fully saturated rings. The molecule has 0 aliphatic carbocycles. The molecule has 1 aliphatic rings. The number of ether oxygens (including phenoxy) is 2. The monoisotopic (exact) mass is 328 g/mol. The predicted octanol–water partition coefficient (Wildman–Crippen LogP) is 3.10. The molecule has 1 aliphatic heterocycles. The van der Waals surface area contributed by atoms with E-state index in [1.165, 1.54) is 0 Å². The van der Waals surface area contributed by atoms with Crippen molar-refractivity contribution in [3.63, 3.8) is 0 Å². The zero-order chi connectivity index (χ0) is 16.2. The van der Waals surface area contributed by atoms with E-state index in [1.54, 1.807) is 18.2 Å². The zero-order valence-corrected chi connectivity index (χ0v) is 13.4. The Morgan fingerprint density at radius 2 is 1.96 bits per heavy atom. The van der Waals surface area contributed by atoms with Gasteiger partial charge in [-0.25, -0.2) is 0 Å². The third kappa shape index (κ3) is 3.43.